The molecule has 3 aromatic rings. The lowest BCUT2D eigenvalue weighted by atomic mass is 10.2. The number of hydrogen-bond acceptors (Lipinski definition) is 7. The summed E-state index contributed by atoms with van der Waals surface area (Å²) in [4.78, 5) is 19.7. The molecule has 0 saturated heterocycles. The zero-order valence-electron chi connectivity index (χ0n) is 18.0. The molecule has 0 radical (unpaired) electrons. The van der Waals surface area contributed by atoms with Gasteiger partial charge in [-0.25, -0.2) is 23.1 Å². The average molecular weight is 464 g/mol. The molecule has 0 aliphatic rings. The van der Waals surface area contributed by atoms with Gasteiger partial charge in [0, 0.05) is 13.5 Å². The number of benzene rings is 1. The average Bonchev–Trinajstić information content (AvgIpc) is 3.26. The van der Waals surface area contributed by atoms with Crippen molar-refractivity contribution in [3.8, 4) is 11.8 Å². The van der Waals surface area contributed by atoms with Gasteiger partial charge in [-0.3, -0.25) is 9.36 Å². The van der Waals surface area contributed by atoms with Crippen molar-refractivity contribution in [2.45, 2.75) is 51.4 Å². The summed E-state index contributed by atoms with van der Waals surface area (Å²) in [5.41, 5.74) is 2.10. The number of thiazole rings is 1. The zero-order chi connectivity index (χ0) is 22.8. The van der Waals surface area contributed by atoms with Crippen LogP contribution in [0.5, 0.6) is 11.8 Å². The molecular formula is C20H25N5O4S2. The molecule has 1 aromatic carbocycles. The van der Waals surface area contributed by atoms with Gasteiger partial charge in [-0.1, -0.05) is 29.0 Å². The Bertz CT molecular complexity index is 1180. The summed E-state index contributed by atoms with van der Waals surface area (Å²) in [5.74, 6) is 0.337. The minimum absolute atomic E-state index is 0.0572. The number of anilines is 1. The van der Waals surface area contributed by atoms with Crippen LogP contribution in [0.25, 0.3) is 0 Å². The highest BCUT2D eigenvalue weighted by Crippen LogP contribution is 2.30. The number of aromatic nitrogens is 3. The smallest absolute Gasteiger partial charge is 0.302 e. The molecule has 1 amide bonds. The lowest BCUT2D eigenvalue weighted by Gasteiger charge is -2.16. The van der Waals surface area contributed by atoms with Crippen LogP contribution in [0, 0.1) is 13.8 Å². The fraction of sp³-hybridized carbons (Fsp3) is 0.350. The summed E-state index contributed by atoms with van der Waals surface area (Å²) in [7, 11) is -3.86. The molecule has 9 nitrogen and oxygen atoms in total. The van der Waals surface area contributed by atoms with E-state index in [2.05, 4.69) is 20.0 Å². The Morgan fingerprint density at radius 1 is 1.26 bits per heavy atom. The van der Waals surface area contributed by atoms with Crippen molar-refractivity contribution in [1.29, 1.82) is 0 Å². The third-order valence-corrected chi connectivity index (χ3v) is 7.68. The van der Waals surface area contributed by atoms with Gasteiger partial charge in [0.05, 0.1) is 23.6 Å². The monoisotopic (exact) mass is 463 g/mol. The Morgan fingerprint density at radius 3 is 2.55 bits per heavy atom. The Morgan fingerprint density at radius 2 is 1.94 bits per heavy atom. The second-order valence-corrected chi connectivity index (χ2v) is 9.95. The Labute approximate surface area is 185 Å². The van der Waals surface area contributed by atoms with E-state index in [0.717, 1.165) is 16.9 Å². The maximum Gasteiger partial charge on any atom is 0.302 e. The van der Waals surface area contributed by atoms with E-state index in [1.54, 1.807) is 20.0 Å². The van der Waals surface area contributed by atoms with Gasteiger partial charge in [0.25, 0.3) is 10.0 Å². The first kappa shape index (κ1) is 22.9. The minimum Gasteiger partial charge on any atom is -0.426 e. The predicted molar refractivity (Wildman–Crippen MR) is 119 cm³/mol. The highest BCUT2D eigenvalue weighted by Gasteiger charge is 2.26. The standard InChI is InChI=1S/C20H25N5O4S2/c1-6-25-17(11-21-20(25)29-16-9-7-12(2)8-10-16)13(3)24-31(27,28)18-14(4)22-19(30-18)23-15(5)26/h7-11,13,24H,6H2,1-5H3,(H,22,23,26). The number of sulfonamides is 1. The number of ether oxygens (including phenoxy) is 1. The number of nitrogens with zero attached hydrogens (tertiary/aromatic N) is 3. The second kappa shape index (κ2) is 9.16. The van der Waals surface area contributed by atoms with Crippen LogP contribution in [0.4, 0.5) is 5.13 Å². The van der Waals surface area contributed by atoms with Crippen LogP contribution >= 0.6 is 11.3 Å². The molecule has 0 bridgehead atoms. The molecule has 166 valence electrons. The molecule has 1 atom stereocenters. The molecule has 0 aliphatic carbocycles. The molecule has 11 heteroatoms. The van der Waals surface area contributed by atoms with Crippen molar-refractivity contribution in [2.24, 2.45) is 0 Å². The van der Waals surface area contributed by atoms with Crippen LogP contribution in [0.15, 0.2) is 34.7 Å². The molecule has 3 rings (SSSR count). The van der Waals surface area contributed by atoms with Crippen LogP contribution in [-0.2, 0) is 21.4 Å². The van der Waals surface area contributed by atoms with Crippen molar-refractivity contribution < 1.29 is 17.9 Å². The van der Waals surface area contributed by atoms with Crippen LogP contribution in [0.3, 0.4) is 0 Å². The summed E-state index contributed by atoms with van der Waals surface area (Å²) in [5, 5.41) is 2.76. The van der Waals surface area contributed by atoms with E-state index in [1.807, 2.05) is 42.7 Å². The lowest BCUT2D eigenvalue weighted by Crippen LogP contribution is -2.28. The van der Waals surface area contributed by atoms with Crippen molar-refractivity contribution >= 4 is 32.4 Å². The molecule has 2 N–H and O–H groups in total. The molecule has 1 unspecified atom stereocenters. The number of carbonyl (C=O) groups excluding carboxylic acids is 1. The van der Waals surface area contributed by atoms with Gasteiger partial charge in [-0.2, -0.15) is 0 Å². The third kappa shape index (κ3) is 5.30. The predicted octanol–water partition coefficient (Wildman–Crippen LogP) is 3.77. The maximum atomic E-state index is 13.0. The molecular weight excluding hydrogens is 438 g/mol. The number of carbonyl (C=O) groups is 1. The van der Waals surface area contributed by atoms with Crippen LogP contribution < -0.4 is 14.8 Å². The summed E-state index contributed by atoms with van der Waals surface area (Å²) < 4.78 is 36.3. The largest absolute Gasteiger partial charge is 0.426 e. The quantitative estimate of drug-likeness (QED) is 0.525. The van der Waals surface area contributed by atoms with Crippen LogP contribution in [-0.4, -0.2) is 28.9 Å². The zero-order valence-corrected chi connectivity index (χ0v) is 19.6. The van der Waals surface area contributed by atoms with Crippen molar-refractivity contribution in [1.82, 2.24) is 19.3 Å². The van der Waals surface area contributed by atoms with Crippen LogP contribution in [0.2, 0.25) is 0 Å². The number of amides is 1. The Hall–Kier alpha value is -2.76. The molecule has 31 heavy (non-hydrogen) atoms. The van der Waals surface area contributed by atoms with Gasteiger partial charge in [0.15, 0.2) is 9.34 Å². The fourth-order valence-electron chi connectivity index (χ4n) is 3.01. The van der Waals surface area contributed by atoms with Crippen molar-refractivity contribution in [2.75, 3.05) is 5.32 Å². The number of rotatable bonds is 8. The van der Waals surface area contributed by atoms with Crippen LogP contribution in [0.1, 0.15) is 43.8 Å². The SMILES string of the molecule is CCn1c(C(C)NS(=O)(=O)c2sc(NC(C)=O)nc2C)cnc1Oc1ccc(C)cc1. The van der Waals surface area contributed by atoms with E-state index in [0.29, 0.717) is 29.7 Å². The summed E-state index contributed by atoms with van der Waals surface area (Å²) >= 11 is 0.909. The van der Waals surface area contributed by atoms with Crippen molar-refractivity contribution in [3.63, 3.8) is 0 Å². The van der Waals surface area contributed by atoms with Gasteiger partial charge in [-0.15, -0.1) is 0 Å². The summed E-state index contributed by atoms with van der Waals surface area (Å²) in [6.07, 6.45) is 1.60. The number of imidazole rings is 1. The lowest BCUT2D eigenvalue weighted by molar-refractivity contribution is -0.114. The van der Waals surface area contributed by atoms with Gasteiger partial charge >= 0.3 is 6.01 Å². The molecule has 2 heterocycles. The van der Waals surface area contributed by atoms with E-state index in [4.69, 9.17) is 4.74 Å². The maximum absolute atomic E-state index is 13.0. The first-order chi connectivity index (χ1) is 14.6. The highest BCUT2D eigenvalue weighted by molar-refractivity contribution is 7.91. The first-order valence-electron chi connectivity index (χ1n) is 9.68. The normalized spacial score (nSPS) is 12.5. The Kier molecular flexibility index (Phi) is 6.77. The number of aryl methyl sites for hydroxylation is 2. The molecule has 0 fully saturated rings. The number of hydrogen-bond donors (Lipinski definition) is 2. The van der Waals surface area contributed by atoms with E-state index >= 15 is 0 Å². The number of nitrogens with one attached hydrogen (secondary N) is 2. The Balaban J connectivity index is 1.82. The molecule has 0 aliphatic heterocycles. The van der Waals surface area contributed by atoms with Gasteiger partial charge in [0.1, 0.15) is 5.75 Å². The summed E-state index contributed by atoms with van der Waals surface area (Å²) in [6, 6.07) is 7.41. The van der Waals surface area contributed by atoms with E-state index in [-0.39, 0.29) is 15.2 Å². The second-order valence-electron chi connectivity index (χ2n) is 7.04. The first-order valence-corrected chi connectivity index (χ1v) is 12.0. The highest BCUT2D eigenvalue weighted by atomic mass is 32.2. The van der Waals surface area contributed by atoms with Gasteiger partial charge < -0.3 is 10.1 Å². The van der Waals surface area contributed by atoms with Gasteiger partial charge in [0.2, 0.25) is 5.91 Å². The molecule has 2 aromatic heterocycles. The molecule has 0 saturated carbocycles. The van der Waals surface area contributed by atoms with Gasteiger partial charge in [-0.05, 0) is 39.8 Å². The third-order valence-electron chi connectivity index (χ3n) is 4.45. The topological polar surface area (TPSA) is 115 Å². The summed E-state index contributed by atoms with van der Waals surface area (Å²) in [6.45, 7) is 9.14. The molecule has 0 spiro atoms. The fourth-order valence-corrected chi connectivity index (χ4v) is 5.70. The van der Waals surface area contributed by atoms with E-state index < -0.39 is 16.1 Å². The van der Waals surface area contributed by atoms with E-state index in [9.17, 15) is 13.2 Å². The van der Waals surface area contributed by atoms with E-state index in [1.165, 1.54) is 6.92 Å². The van der Waals surface area contributed by atoms with Crippen molar-refractivity contribution in [3.05, 3.63) is 47.4 Å². The minimum atomic E-state index is -3.86.